The van der Waals surface area contributed by atoms with Gasteiger partial charge in [-0.15, -0.1) is 0 Å². The first kappa shape index (κ1) is 20.7. The minimum atomic E-state index is -6.37. The van der Waals surface area contributed by atoms with Crippen molar-refractivity contribution in [3.8, 4) is 0 Å². The molecule has 0 aromatic heterocycles. The number of nitrogens with one attached hydrogen (secondary N) is 1. The number of rotatable bonds is 8. The second-order valence-corrected chi connectivity index (χ2v) is 5.33. The number of hydrogen-bond acceptors (Lipinski definition) is 3. The SMILES string of the molecule is N[C@@H](Cc1ccccc1)[C@H](O)CNCC(F)(F)C(F)(F)C(F)(F)F. The van der Waals surface area contributed by atoms with E-state index in [-0.39, 0.29) is 6.42 Å². The van der Waals surface area contributed by atoms with E-state index in [1.807, 2.05) is 0 Å². The van der Waals surface area contributed by atoms with Gasteiger partial charge in [-0.25, -0.2) is 0 Å². The molecule has 1 rings (SSSR count). The lowest BCUT2D eigenvalue weighted by Gasteiger charge is -2.29. The summed E-state index contributed by atoms with van der Waals surface area (Å²) in [6.45, 7) is -2.61. The van der Waals surface area contributed by atoms with Crippen LogP contribution in [0.4, 0.5) is 30.7 Å². The Balaban J connectivity index is 2.51. The van der Waals surface area contributed by atoms with Crippen molar-refractivity contribution in [3.63, 3.8) is 0 Å². The van der Waals surface area contributed by atoms with E-state index in [1.54, 1.807) is 35.6 Å². The smallest absolute Gasteiger partial charge is 0.390 e. The lowest BCUT2D eigenvalue weighted by atomic mass is 10.0. The third-order valence-electron chi connectivity index (χ3n) is 3.32. The normalized spacial score (nSPS) is 16.0. The topological polar surface area (TPSA) is 58.3 Å². The summed E-state index contributed by atoms with van der Waals surface area (Å²) < 4.78 is 87.3. The monoisotopic (exact) mass is 362 g/mol. The van der Waals surface area contributed by atoms with Gasteiger partial charge in [0.1, 0.15) is 0 Å². The summed E-state index contributed by atoms with van der Waals surface area (Å²) >= 11 is 0. The molecule has 24 heavy (non-hydrogen) atoms. The van der Waals surface area contributed by atoms with Gasteiger partial charge in [-0.3, -0.25) is 0 Å². The lowest BCUT2D eigenvalue weighted by Crippen LogP contribution is -2.57. The van der Waals surface area contributed by atoms with Gasteiger partial charge in [0.2, 0.25) is 0 Å². The van der Waals surface area contributed by atoms with Crippen molar-refractivity contribution in [3.05, 3.63) is 35.9 Å². The van der Waals surface area contributed by atoms with Crippen LogP contribution in [0.25, 0.3) is 0 Å². The second-order valence-electron chi connectivity index (χ2n) is 5.33. The Labute approximate surface area is 133 Å². The maximum absolute atomic E-state index is 13.1. The van der Waals surface area contributed by atoms with Crippen LogP contribution >= 0.6 is 0 Å². The molecule has 0 saturated carbocycles. The molecule has 1 aromatic rings. The van der Waals surface area contributed by atoms with Crippen molar-refractivity contribution >= 4 is 0 Å². The summed E-state index contributed by atoms with van der Waals surface area (Å²) in [5.41, 5.74) is 6.40. The van der Waals surface area contributed by atoms with Crippen LogP contribution in [0, 0.1) is 0 Å². The molecule has 0 heterocycles. The minimum Gasteiger partial charge on any atom is -0.390 e. The molecule has 0 spiro atoms. The average molecular weight is 362 g/mol. The van der Waals surface area contributed by atoms with Crippen molar-refractivity contribution in [1.82, 2.24) is 5.32 Å². The molecular formula is C14H17F7N2O. The van der Waals surface area contributed by atoms with Crippen molar-refractivity contribution in [1.29, 1.82) is 0 Å². The lowest BCUT2D eigenvalue weighted by molar-refractivity contribution is -0.352. The molecule has 0 amide bonds. The molecule has 2 atom stereocenters. The van der Waals surface area contributed by atoms with E-state index >= 15 is 0 Å². The second kappa shape index (κ2) is 7.66. The number of aliphatic hydroxyl groups is 1. The molecule has 0 saturated heterocycles. The van der Waals surface area contributed by atoms with Gasteiger partial charge in [0, 0.05) is 12.6 Å². The molecule has 4 N–H and O–H groups in total. The van der Waals surface area contributed by atoms with Crippen molar-refractivity contribution in [2.24, 2.45) is 5.73 Å². The predicted octanol–water partition coefficient (Wildman–Crippen LogP) is 2.34. The Bertz CT molecular complexity index is 508. The molecule has 10 heteroatoms. The molecule has 3 nitrogen and oxygen atoms in total. The number of benzene rings is 1. The van der Waals surface area contributed by atoms with Crippen LogP contribution in [0.2, 0.25) is 0 Å². The quantitative estimate of drug-likeness (QED) is 0.623. The molecule has 0 fully saturated rings. The summed E-state index contributed by atoms with van der Waals surface area (Å²) in [7, 11) is 0. The van der Waals surface area contributed by atoms with E-state index in [1.165, 1.54) is 0 Å². The number of hydrogen-bond donors (Lipinski definition) is 3. The highest BCUT2D eigenvalue weighted by Gasteiger charge is 2.72. The van der Waals surface area contributed by atoms with Crippen LogP contribution in [0.5, 0.6) is 0 Å². The summed E-state index contributed by atoms with van der Waals surface area (Å²) in [5.74, 6) is -11.5. The molecule has 138 valence electrons. The Kier molecular flexibility index (Phi) is 6.59. The highest BCUT2D eigenvalue weighted by molar-refractivity contribution is 5.16. The van der Waals surface area contributed by atoms with Crippen LogP contribution in [-0.4, -0.2) is 48.4 Å². The standard InChI is InChI=1S/C14H17F7N2O/c15-12(16,13(17,18)14(19,20)21)8-23-7-11(24)10(22)6-9-4-2-1-3-5-9/h1-5,10-11,23-24H,6-8,22H2/t10-,11+/m0/s1. The number of halogens is 7. The number of alkyl halides is 7. The fourth-order valence-electron chi connectivity index (χ4n) is 1.87. The number of aliphatic hydroxyl groups excluding tert-OH is 1. The van der Waals surface area contributed by atoms with Crippen LogP contribution in [0.3, 0.4) is 0 Å². The molecule has 0 bridgehead atoms. The number of nitrogens with two attached hydrogens (primary N) is 1. The first-order chi connectivity index (χ1) is 10.9. The Morgan fingerprint density at radius 2 is 1.54 bits per heavy atom. The van der Waals surface area contributed by atoms with Crippen molar-refractivity contribution < 1.29 is 35.8 Å². The van der Waals surface area contributed by atoms with E-state index in [4.69, 9.17) is 5.73 Å². The fraction of sp³-hybridized carbons (Fsp3) is 0.571. The summed E-state index contributed by atoms with van der Waals surface area (Å²) in [6, 6.07) is 7.68. The zero-order chi connectivity index (χ0) is 18.6. The third kappa shape index (κ3) is 5.05. The van der Waals surface area contributed by atoms with Gasteiger partial charge in [-0.1, -0.05) is 30.3 Å². The predicted molar refractivity (Wildman–Crippen MR) is 72.9 cm³/mol. The third-order valence-corrected chi connectivity index (χ3v) is 3.32. The van der Waals surface area contributed by atoms with Gasteiger partial charge in [-0.05, 0) is 12.0 Å². The summed E-state index contributed by atoms with van der Waals surface area (Å²) in [5, 5.41) is 11.4. The maximum atomic E-state index is 13.1. The zero-order valence-corrected chi connectivity index (χ0v) is 12.3. The molecule has 0 aliphatic carbocycles. The van der Waals surface area contributed by atoms with Gasteiger partial charge in [-0.2, -0.15) is 30.7 Å². The maximum Gasteiger partial charge on any atom is 0.459 e. The van der Waals surface area contributed by atoms with Crippen LogP contribution in [0.15, 0.2) is 30.3 Å². The van der Waals surface area contributed by atoms with Crippen LogP contribution in [0.1, 0.15) is 5.56 Å². The van der Waals surface area contributed by atoms with Crippen molar-refractivity contribution in [2.45, 2.75) is 36.6 Å². The summed E-state index contributed by atoms with van der Waals surface area (Å²) in [4.78, 5) is 0. The van der Waals surface area contributed by atoms with Gasteiger partial charge in [0.15, 0.2) is 0 Å². The first-order valence-electron chi connectivity index (χ1n) is 6.89. The van der Waals surface area contributed by atoms with Crippen molar-refractivity contribution in [2.75, 3.05) is 13.1 Å². The molecular weight excluding hydrogens is 345 g/mol. The van der Waals surface area contributed by atoms with Crippen LogP contribution in [-0.2, 0) is 6.42 Å². The van der Waals surface area contributed by atoms with Crippen LogP contribution < -0.4 is 11.1 Å². The Morgan fingerprint density at radius 1 is 1.00 bits per heavy atom. The van der Waals surface area contributed by atoms with E-state index in [0.717, 1.165) is 5.56 Å². The largest absolute Gasteiger partial charge is 0.459 e. The first-order valence-corrected chi connectivity index (χ1v) is 6.89. The molecule has 0 aliphatic rings. The molecule has 0 aliphatic heterocycles. The Morgan fingerprint density at radius 3 is 2.04 bits per heavy atom. The van der Waals surface area contributed by atoms with E-state index < -0.39 is 43.3 Å². The Hall–Kier alpha value is -1.39. The minimum absolute atomic E-state index is 0.179. The van der Waals surface area contributed by atoms with E-state index in [0.29, 0.717) is 0 Å². The van der Waals surface area contributed by atoms with Gasteiger partial charge in [0.25, 0.3) is 0 Å². The average Bonchev–Trinajstić information content (AvgIpc) is 2.46. The van der Waals surface area contributed by atoms with E-state index in [9.17, 15) is 35.8 Å². The highest BCUT2D eigenvalue weighted by atomic mass is 19.4. The van der Waals surface area contributed by atoms with Gasteiger partial charge >= 0.3 is 18.0 Å². The van der Waals surface area contributed by atoms with Gasteiger partial charge < -0.3 is 16.2 Å². The molecule has 0 radical (unpaired) electrons. The fourth-order valence-corrected chi connectivity index (χ4v) is 1.87. The summed E-state index contributed by atoms with van der Waals surface area (Å²) in [6.07, 6.45) is -7.60. The van der Waals surface area contributed by atoms with Gasteiger partial charge in [0.05, 0.1) is 12.6 Å². The molecule has 0 unspecified atom stereocenters. The highest BCUT2D eigenvalue weighted by Crippen LogP contribution is 2.46. The molecule has 1 aromatic carbocycles. The van der Waals surface area contributed by atoms with E-state index in [2.05, 4.69) is 0 Å². The zero-order valence-electron chi connectivity index (χ0n) is 12.3.